The number of unbranched alkanes of at least 4 members (excludes halogenated alkanes) is 4. The van der Waals surface area contributed by atoms with Gasteiger partial charge in [0.1, 0.15) is 36.6 Å². The minimum Gasteiger partial charge on any atom is -0.394 e. The summed E-state index contributed by atoms with van der Waals surface area (Å²) in [5.74, 6) is -1.67. The number of rotatable bonds is 34. The van der Waals surface area contributed by atoms with Gasteiger partial charge in [0, 0.05) is 105 Å². The quantitative estimate of drug-likeness (QED) is 0.0229. The van der Waals surface area contributed by atoms with Crippen LogP contribution >= 0.6 is 15.9 Å². The predicted octanol–water partition coefficient (Wildman–Crippen LogP) is 4.26. The standard InChI is InChI=1S/C35H55N3O9S.C29H41BrN2O4S.C6H15NO5/c1-5-7-16-35(6-2)22-48(46,47)29-15-14-25(38(3)4)19-26(29)31(34(35)45)23-11-10-12-24(18-23)37-30(42)13-8-9-17-36-20-27(40)32(43)33(44)28(41)21-39;1-5-7-16-29(6-2)20-37(35,36)25-15-14-23(32(3)4)19-24(25)27(28(29)34)21-11-10-12-22(18-21)31-26(33)13-8-9-17-30;7-1-3(9)5(11)6(12)4(10)2-8/h10-12,14-15,18-19,27-28,31-34,36,39-41,43-45H,5-9,13,16-17,20-22H2,1-4H3,(H,37,42);10-12,14-15,18-19,27-28,34H,5-9,13,16-17,20H2,1-4H3,(H,31,33);3-6,8-12H,1-2,7H2/t27-,28+,31+,32+,33+,34+,35+;27-,28-,29-;3-,4+,5+,6+/m010/s1. The molecule has 6 rings (SSSR count). The molecule has 97 heavy (non-hydrogen) atoms. The number of hydrogen-bond acceptors (Lipinski definition) is 22. The molecule has 0 bridgehead atoms. The lowest BCUT2D eigenvalue weighted by atomic mass is 9.69. The van der Waals surface area contributed by atoms with Crippen molar-refractivity contribution in [2.45, 2.75) is 200 Å². The van der Waals surface area contributed by atoms with Crippen molar-refractivity contribution in [2.24, 2.45) is 16.6 Å². The zero-order chi connectivity index (χ0) is 72.6. The fourth-order valence-electron chi connectivity index (χ4n) is 12.6. The Bertz CT molecular complexity index is 3290. The third-order valence-corrected chi connectivity index (χ3v) is 23.3. The van der Waals surface area contributed by atoms with Gasteiger partial charge in [-0.3, -0.25) is 9.59 Å². The fourth-order valence-corrected chi connectivity index (χ4v) is 17.5. The summed E-state index contributed by atoms with van der Waals surface area (Å²) < 4.78 is 55.4. The first kappa shape index (κ1) is 84.7. The smallest absolute Gasteiger partial charge is 0.224 e. The van der Waals surface area contributed by atoms with E-state index in [1.807, 2.05) is 106 Å². The third-order valence-electron chi connectivity index (χ3n) is 18.8. The Morgan fingerprint density at radius 1 is 0.557 bits per heavy atom. The number of fused-ring (bicyclic) bond motifs is 2. The highest BCUT2D eigenvalue weighted by atomic mass is 79.9. The number of nitrogens with zero attached hydrogens (tertiary/aromatic N) is 2. The maximum Gasteiger partial charge on any atom is 0.224 e. The Hall–Kier alpha value is -4.76. The van der Waals surface area contributed by atoms with Gasteiger partial charge in [-0.05, 0) is 141 Å². The molecule has 0 unspecified atom stereocenters. The van der Waals surface area contributed by atoms with Gasteiger partial charge >= 0.3 is 0 Å². The molecule has 4 aromatic carbocycles. The average Bonchev–Trinajstić information content (AvgIpc) is 1.62. The van der Waals surface area contributed by atoms with E-state index in [4.69, 9.17) is 36.4 Å². The van der Waals surface area contributed by atoms with Crippen molar-refractivity contribution in [3.05, 3.63) is 107 Å². The van der Waals surface area contributed by atoms with Crippen molar-refractivity contribution in [3.63, 3.8) is 0 Å². The topological polar surface area (TPSA) is 414 Å². The molecule has 17 N–H and O–H groups in total. The summed E-state index contributed by atoms with van der Waals surface area (Å²) in [5, 5.41) is 126. The SMILES string of the molecule is CCCC[C@]1(CC)CS(=O)(=O)c2ccc(N(C)C)cc2[C@@H](c2cccc(NC(=O)CCCCBr)c2)[C@H]1O.CCCC[C@]1(CC)CS(=O)(=O)c2ccc(N(C)C)cc2[C@@H](c2cccc(NC(=O)CCCCNC[C@H](O)[C@@H](O)[C@H](O)[C@H](O)CO)c2)[C@H]1O.NC[C@H](O)[C@@H](O)[C@H](O)[C@H](O)CO. The Morgan fingerprint density at radius 3 is 1.31 bits per heavy atom. The van der Waals surface area contributed by atoms with Crippen LogP contribution in [0.4, 0.5) is 22.7 Å². The van der Waals surface area contributed by atoms with Crippen LogP contribution in [0.1, 0.15) is 152 Å². The van der Waals surface area contributed by atoms with E-state index in [0.717, 1.165) is 60.8 Å². The number of hydrogen-bond donors (Lipinski definition) is 16. The van der Waals surface area contributed by atoms with Crippen LogP contribution in [0, 0.1) is 10.8 Å². The molecule has 27 heteroatoms. The number of amides is 2. The molecule has 0 radical (unpaired) electrons. The molecule has 2 heterocycles. The number of benzene rings is 4. The lowest BCUT2D eigenvalue weighted by Crippen LogP contribution is -2.49. The van der Waals surface area contributed by atoms with Gasteiger partial charge in [-0.2, -0.15) is 0 Å². The zero-order valence-corrected chi connectivity index (χ0v) is 60.8. The molecule has 0 saturated carbocycles. The van der Waals surface area contributed by atoms with E-state index in [1.54, 1.807) is 30.3 Å². The molecule has 0 aromatic heterocycles. The van der Waals surface area contributed by atoms with Gasteiger partial charge in [0.15, 0.2) is 19.7 Å². The summed E-state index contributed by atoms with van der Waals surface area (Å²) in [5.41, 5.74) is 8.94. The van der Waals surface area contributed by atoms with Gasteiger partial charge in [0.05, 0.1) is 58.9 Å². The van der Waals surface area contributed by atoms with Crippen LogP contribution in [0.15, 0.2) is 94.7 Å². The number of halogens is 1. The number of aliphatic hydroxyl groups is 12. The predicted molar refractivity (Wildman–Crippen MR) is 382 cm³/mol. The third kappa shape index (κ3) is 23.1. The summed E-state index contributed by atoms with van der Waals surface area (Å²) in [4.78, 5) is 29.7. The van der Waals surface area contributed by atoms with E-state index in [1.165, 1.54) is 0 Å². The van der Waals surface area contributed by atoms with E-state index in [9.17, 15) is 57.1 Å². The summed E-state index contributed by atoms with van der Waals surface area (Å²) in [7, 11) is 0.245. The lowest BCUT2D eigenvalue weighted by molar-refractivity contribution is -0.117. The maximum absolute atomic E-state index is 13.9. The first-order chi connectivity index (χ1) is 45.8. The van der Waals surface area contributed by atoms with Crippen molar-refractivity contribution in [3.8, 4) is 0 Å². The van der Waals surface area contributed by atoms with Gasteiger partial charge in [0.25, 0.3) is 0 Å². The molecular formula is C70H111BrN6O18S2. The molecule has 0 aliphatic carbocycles. The number of carbonyl (C=O) groups is 2. The van der Waals surface area contributed by atoms with E-state index in [-0.39, 0.29) is 52.6 Å². The van der Waals surface area contributed by atoms with Gasteiger partial charge in [-0.15, -0.1) is 0 Å². The zero-order valence-electron chi connectivity index (χ0n) is 57.5. The highest BCUT2D eigenvalue weighted by Crippen LogP contribution is 2.51. The largest absolute Gasteiger partial charge is 0.394 e. The average molecular weight is 1470 g/mol. The molecule has 14 atom stereocenters. The Morgan fingerprint density at radius 2 is 0.948 bits per heavy atom. The summed E-state index contributed by atoms with van der Waals surface area (Å²) in [6.07, 6.45) is -4.85. The second-order valence-corrected chi connectivity index (χ2v) is 30.9. The van der Waals surface area contributed by atoms with E-state index < -0.39 is 117 Å². The van der Waals surface area contributed by atoms with Crippen molar-refractivity contribution in [1.82, 2.24) is 5.32 Å². The van der Waals surface area contributed by atoms with Crippen molar-refractivity contribution < 1.29 is 87.7 Å². The van der Waals surface area contributed by atoms with Crippen LogP contribution in [0.5, 0.6) is 0 Å². The summed E-state index contributed by atoms with van der Waals surface area (Å²) in [6, 6.07) is 25.5. The van der Waals surface area contributed by atoms with Gasteiger partial charge < -0.3 is 92.8 Å². The number of alkyl halides is 1. The highest BCUT2D eigenvalue weighted by Gasteiger charge is 2.51. The van der Waals surface area contributed by atoms with Crippen LogP contribution < -0.4 is 31.5 Å². The van der Waals surface area contributed by atoms with Crippen LogP contribution in [0.3, 0.4) is 0 Å². The van der Waals surface area contributed by atoms with Crippen LogP contribution in [0.25, 0.3) is 0 Å². The van der Waals surface area contributed by atoms with E-state index in [0.29, 0.717) is 79.6 Å². The molecule has 24 nitrogen and oxygen atoms in total. The Labute approximate surface area is 582 Å². The monoisotopic (exact) mass is 1470 g/mol. The minimum atomic E-state index is -3.72. The first-order valence-corrected chi connectivity index (χ1v) is 38.1. The van der Waals surface area contributed by atoms with Crippen molar-refractivity contribution in [2.75, 3.05) is 98.3 Å². The Kier molecular flexibility index (Phi) is 34.9. The van der Waals surface area contributed by atoms with Crippen molar-refractivity contribution in [1.29, 1.82) is 0 Å². The first-order valence-electron chi connectivity index (χ1n) is 33.7. The number of nitrogens with two attached hydrogens (primary N) is 1. The van der Waals surface area contributed by atoms with Gasteiger partial charge in [0.2, 0.25) is 11.8 Å². The molecule has 2 aliphatic heterocycles. The molecule has 0 spiro atoms. The molecule has 0 fully saturated rings. The highest BCUT2D eigenvalue weighted by molar-refractivity contribution is 9.09. The number of nitrogens with one attached hydrogen (secondary N) is 3. The number of aliphatic hydroxyl groups excluding tert-OH is 12. The van der Waals surface area contributed by atoms with Crippen LogP contribution in [0.2, 0.25) is 0 Å². The number of carbonyl (C=O) groups excluding carboxylic acids is 2. The summed E-state index contributed by atoms with van der Waals surface area (Å²) in [6.45, 7) is 6.78. The molecule has 4 aromatic rings. The molecule has 0 saturated heterocycles. The second kappa shape index (κ2) is 40.0. The molecule has 2 aliphatic rings. The van der Waals surface area contributed by atoms with Crippen molar-refractivity contribution >= 4 is 70.2 Å². The number of anilines is 4. The maximum atomic E-state index is 13.9. The van der Waals surface area contributed by atoms with Crippen LogP contribution in [-0.4, -0.2) is 229 Å². The van der Waals surface area contributed by atoms with Crippen LogP contribution in [-0.2, 0) is 29.3 Å². The molecule has 2 amide bonds. The summed E-state index contributed by atoms with van der Waals surface area (Å²) >= 11 is 3.40. The minimum absolute atomic E-state index is 0.0526. The molecule has 548 valence electrons. The second-order valence-electron chi connectivity index (χ2n) is 26.2. The molecular weight excluding hydrogens is 1360 g/mol. The van der Waals surface area contributed by atoms with E-state index in [2.05, 4.69) is 45.7 Å². The number of sulfone groups is 2. The fraction of sp³-hybridized carbons (Fsp3) is 0.629. The lowest BCUT2D eigenvalue weighted by Gasteiger charge is -2.39. The van der Waals surface area contributed by atoms with E-state index >= 15 is 0 Å². The van der Waals surface area contributed by atoms with Gasteiger partial charge in [-0.1, -0.05) is 93.6 Å². The van der Waals surface area contributed by atoms with Gasteiger partial charge in [-0.25, -0.2) is 16.8 Å². The Balaban J connectivity index is 0.000000360. The normalized spacial score (nSPS) is 22.7.